The van der Waals surface area contributed by atoms with Gasteiger partial charge in [-0.25, -0.2) is 0 Å². The predicted octanol–water partition coefficient (Wildman–Crippen LogP) is 5.52. The Morgan fingerprint density at radius 3 is 1.78 bits per heavy atom. The van der Waals surface area contributed by atoms with Crippen molar-refractivity contribution in [1.82, 2.24) is 0 Å². The number of rotatable bonds is 15. The molecule has 0 N–H and O–H groups in total. The van der Waals surface area contributed by atoms with E-state index in [2.05, 4.69) is 21.7 Å². The van der Waals surface area contributed by atoms with E-state index in [1.807, 2.05) is 83.3 Å². The molecule has 2 rings (SSSR count). The average molecular weight is 675 g/mol. The first-order valence-electron chi connectivity index (χ1n) is 13.3. The molecule has 0 saturated heterocycles. The van der Waals surface area contributed by atoms with Crippen LogP contribution in [-0.2, 0) is 46.5 Å². The van der Waals surface area contributed by atoms with Crippen LogP contribution in [0.15, 0.2) is 60.7 Å². The molecule has 7 nitrogen and oxygen atoms in total. The molecule has 0 spiro atoms. The largest absolute Gasteiger partial charge is 0.449 e. The Kier molecular flexibility index (Phi) is 15.7. The minimum absolute atomic E-state index is 0.131. The van der Waals surface area contributed by atoms with E-state index in [0.717, 1.165) is 17.4 Å². The van der Waals surface area contributed by atoms with Crippen LogP contribution in [0.25, 0.3) is 0 Å². The van der Waals surface area contributed by atoms with Crippen molar-refractivity contribution >= 4 is 34.8 Å². The molecule has 0 aliphatic rings. The first-order valence-corrected chi connectivity index (χ1v) is 14.4. The molecule has 5 atom stereocenters. The number of carbonyl (C=O) groups excluding carboxylic acids is 2. The smallest absolute Gasteiger partial charge is 0.312 e. The van der Waals surface area contributed by atoms with Crippen LogP contribution >= 0.6 is 22.6 Å². The monoisotopic (exact) mass is 674 g/mol. The first kappa shape index (κ1) is 34.5. The lowest BCUT2D eigenvalue weighted by molar-refractivity contribution is -0.158. The molecule has 2 aromatic carbocycles. The fraction of sp³-hybridized carbons (Fsp3) is 0.455. The molecule has 0 aromatic heterocycles. The Hall–Kier alpha value is -2.73. The summed E-state index contributed by atoms with van der Waals surface area (Å²) >= 11 is 1.96. The van der Waals surface area contributed by atoms with E-state index in [-0.39, 0.29) is 19.4 Å². The highest BCUT2D eigenvalue weighted by atomic mass is 127. The molecular weight excluding hydrogens is 635 g/mol. The molecule has 0 radical (unpaired) electrons. The Labute approximate surface area is 257 Å². The minimum Gasteiger partial charge on any atom is -0.449 e. The predicted molar refractivity (Wildman–Crippen MR) is 166 cm³/mol. The fourth-order valence-corrected chi connectivity index (χ4v) is 4.01. The Balaban J connectivity index is 2.40. The summed E-state index contributed by atoms with van der Waals surface area (Å²) in [5.41, 5.74) is 1.21. The highest BCUT2D eigenvalue weighted by Gasteiger charge is 2.30. The van der Waals surface area contributed by atoms with E-state index in [0.29, 0.717) is 6.61 Å². The van der Waals surface area contributed by atoms with Gasteiger partial charge in [0.2, 0.25) is 0 Å². The van der Waals surface area contributed by atoms with Crippen molar-refractivity contribution in [2.45, 2.75) is 77.3 Å². The van der Waals surface area contributed by atoms with Gasteiger partial charge in [-0.1, -0.05) is 78.4 Å². The van der Waals surface area contributed by atoms with Crippen LogP contribution in [0.5, 0.6) is 0 Å². The number of ether oxygens (including phenoxy) is 5. The lowest BCUT2D eigenvalue weighted by Crippen LogP contribution is -2.36. The quantitative estimate of drug-likeness (QED) is 0.107. The summed E-state index contributed by atoms with van der Waals surface area (Å²) in [5, 5.41) is 0. The van der Waals surface area contributed by atoms with Gasteiger partial charge in [-0.15, -0.1) is 0 Å². The molecule has 0 bridgehead atoms. The first-order chi connectivity index (χ1) is 19.7. The summed E-state index contributed by atoms with van der Waals surface area (Å²) in [5.74, 6) is 8.88. The Morgan fingerprint density at radius 1 is 0.829 bits per heavy atom. The summed E-state index contributed by atoms with van der Waals surface area (Å²) in [7, 11) is 3.03. The topological polar surface area (TPSA) is 80.3 Å². The second-order valence-corrected chi connectivity index (χ2v) is 10.8. The number of benzene rings is 2. The number of halogens is 1. The maximum atomic E-state index is 12.9. The second kappa shape index (κ2) is 18.7. The molecule has 0 fully saturated rings. The molecule has 8 heteroatoms. The number of carbonyl (C=O) groups is 2. The molecule has 220 valence electrons. The summed E-state index contributed by atoms with van der Waals surface area (Å²) < 4.78 is 32.2. The number of methoxy groups -OCH3 is 2. The van der Waals surface area contributed by atoms with Gasteiger partial charge in [-0.3, -0.25) is 4.79 Å². The van der Waals surface area contributed by atoms with Gasteiger partial charge in [0.15, 0.2) is 18.3 Å². The average Bonchev–Trinajstić information content (AvgIpc) is 2.97. The third-order valence-electron chi connectivity index (χ3n) is 6.06. The molecule has 0 saturated carbocycles. The van der Waals surface area contributed by atoms with Gasteiger partial charge >= 0.3 is 5.97 Å². The molecule has 0 amide bonds. The number of esters is 1. The normalized spacial score (nSPS) is 14.7. The number of hydrogen-bond acceptors (Lipinski definition) is 7. The zero-order valence-electron chi connectivity index (χ0n) is 24.3. The van der Waals surface area contributed by atoms with E-state index in [4.69, 9.17) is 23.7 Å². The molecule has 0 aliphatic carbocycles. The molecular formula is C33H39IO7. The van der Waals surface area contributed by atoms with Crippen LogP contribution < -0.4 is 0 Å². The Morgan fingerprint density at radius 2 is 1.34 bits per heavy atom. The Bertz CT molecular complexity index is 1170. The van der Waals surface area contributed by atoms with Crippen LogP contribution in [0.1, 0.15) is 44.7 Å². The lowest BCUT2D eigenvalue weighted by Gasteiger charge is -2.27. The second-order valence-electron chi connectivity index (χ2n) is 10.3. The SMILES string of the molecule is CO[C@@H](CC=O)[C@H](CC(C#C[C@H](OCc1ccccc1)[C@H](C#CI)OCc1ccccc1)OC(=O)C(C)(C)C)OC. The van der Waals surface area contributed by atoms with Gasteiger partial charge < -0.3 is 28.5 Å². The van der Waals surface area contributed by atoms with Gasteiger partial charge in [0.05, 0.1) is 30.8 Å². The van der Waals surface area contributed by atoms with Gasteiger partial charge in [0.25, 0.3) is 0 Å². The standard InChI is InChI=1S/C33H39IO7/c1-33(2,3)32(36)41-27(22-31(38-5)28(37-4)19-21-35)16-17-29(39-23-25-12-8-6-9-13-25)30(18-20-34)40-24-26-14-10-7-11-15-26/h6-15,21,27-31H,19,22-24H2,1-5H3/t27?,28-,29-,30-,31-/m0/s1. The highest BCUT2D eigenvalue weighted by Crippen LogP contribution is 2.20. The zero-order valence-corrected chi connectivity index (χ0v) is 26.5. The van der Waals surface area contributed by atoms with E-state index in [1.165, 1.54) is 14.2 Å². The van der Waals surface area contributed by atoms with Gasteiger partial charge in [-0.05, 0) is 35.8 Å². The molecule has 0 heterocycles. The summed E-state index contributed by atoms with van der Waals surface area (Å²) in [6.07, 6.45) is -2.27. The third-order valence-corrected chi connectivity index (χ3v) is 6.37. The van der Waals surface area contributed by atoms with Gasteiger partial charge in [0, 0.05) is 49.7 Å². The summed E-state index contributed by atoms with van der Waals surface area (Å²) in [6.45, 7) is 5.92. The maximum absolute atomic E-state index is 12.9. The van der Waals surface area contributed by atoms with E-state index in [9.17, 15) is 9.59 Å². The molecule has 41 heavy (non-hydrogen) atoms. The van der Waals surface area contributed by atoms with E-state index in [1.54, 1.807) is 20.8 Å². The van der Waals surface area contributed by atoms with Crippen molar-refractivity contribution in [2.24, 2.45) is 5.41 Å². The van der Waals surface area contributed by atoms with Crippen molar-refractivity contribution < 1.29 is 33.3 Å². The summed E-state index contributed by atoms with van der Waals surface area (Å²) in [4.78, 5) is 24.1. The highest BCUT2D eigenvalue weighted by molar-refractivity contribution is 14.1. The van der Waals surface area contributed by atoms with Crippen molar-refractivity contribution in [3.05, 3.63) is 71.8 Å². The van der Waals surface area contributed by atoms with Crippen molar-refractivity contribution in [3.8, 4) is 21.7 Å². The number of aldehydes is 1. The molecule has 0 aliphatic heterocycles. The zero-order chi connectivity index (χ0) is 30.1. The van der Waals surface area contributed by atoms with Crippen molar-refractivity contribution in [1.29, 1.82) is 0 Å². The lowest BCUT2D eigenvalue weighted by atomic mass is 9.97. The third kappa shape index (κ3) is 12.8. The molecule has 2 aromatic rings. The van der Waals surface area contributed by atoms with Crippen molar-refractivity contribution in [2.75, 3.05) is 14.2 Å². The van der Waals surface area contributed by atoms with Crippen LogP contribution in [0.4, 0.5) is 0 Å². The fourth-order valence-electron chi connectivity index (χ4n) is 3.71. The van der Waals surface area contributed by atoms with Crippen LogP contribution in [-0.4, -0.2) is 57.0 Å². The van der Waals surface area contributed by atoms with E-state index < -0.39 is 41.9 Å². The number of hydrogen-bond donors (Lipinski definition) is 0. The van der Waals surface area contributed by atoms with Gasteiger partial charge in [0.1, 0.15) is 6.29 Å². The van der Waals surface area contributed by atoms with Gasteiger partial charge in [-0.2, -0.15) is 0 Å². The maximum Gasteiger partial charge on any atom is 0.312 e. The van der Waals surface area contributed by atoms with E-state index >= 15 is 0 Å². The molecule has 1 unspecified atom stereocenters. The van der Waals surface area contributed by atoms with Crippen LogP contribution in [0.3, 0.4) is 0 Å². The van der Waals surface area contributed by atoms with Crippen LogP contribution in [0.2, 0.25) is 0 Å². The van der Waals surface area contributed by atoms with Crippen LogP contribution in [0, 0.1) is 27.1 Å². The minimum atomic E-state index is -0.860. The summed E-state index contributed by atoms with van der Waals surface area (Å²) in [6, 6.07) is 19.5. The van der Waals surface area contributed by atoms with Crippen molar-refractivity contribution in [3.63, 3.8) is 0 Å².